The topological polar surface area (TPSA) is 52.6 Å². The third-order valence-electron chi connectivity index (χ3n) is 4.61. The van der Waals surface area contributed by atoms with Gasteiger partial charge in [0.25, 0.3) is 0 Å². The molecular formula is C16H22N2O2. The summed E-state index contributed by atoms with van der Waals surface area (Å²) in [6.45, 7) is 2.78. The molecule has 0 radical (unpaired) electrons. The number of fused-ring (bicyclic) bond motifs is 1. The first-order chi connectivity index (χ1) is 9.72. The van der Waals surface area contributed by atoms with Gasteiger partial charge in [-0.25, -0.2) is 0 Å². The Labute approximate surface area is 119 Å². The number of hydrogen-bond acceptors (Lipinski definition) is 3. The van der Waals surface area contributed by atoms with Crippen molar-refractivity contribution in [3.63, 3.8) is 0 Å². The summed E-state index contributed by atoms with van der Waals surface area (Å²) in [5.41, 5.74) is 0.853. The summed E-state index contributed by atoms with van der Waals surface area (Å²) in [5.74, 6) is 1.14. The van der Waals surface area contributed by atoms with E-state index in [1.807, 2.05) is 30.3 Å². The maximum atomic E-state index is 11.9. The number of likely N-dealkylation sites (tertiary alicyclic amines) is 1. The first-order valence-corrected chi connectivity index (χ1v) is 7.47. The molecule has 1 heterocycles. The summed E-state index contributed by atoms with van der Waals surface area (Å²) in [7, 11) is 0. The van der Waals surface area contributed by atoms with Gasteiger partial charge in [0, 0.05) is 37.7 Å². The molecule has 0 spiro atoms. The number of para-hydroxylation sites is 1. The van der Waals surface area contributed by atoms with Gasteiger partial charge in [-0.2, -0.15) is 0 Å². The second kappa shape index (κ2) is 5.94. The first-order valence-electron chi connectivity index (χ1n) is 7.47. The van der Waals surface area contributed by atoms with E-state index < -0.39 is 0 Å². The standard InChI is InChI=1S/C16H22N2O2/c19-15-7-6-12-10-18(11-14(12)15)9-8-16(20)17-13-4-2-1-3-5-13/h1-5,12,14-15,19H,6-11H2,(H,17,20). The quantitative estimate of drug-likeness (QED) is 0.879. The van der Waals surface area contributed by atoms with Crippen LogP contribution in [-0.2, 0) is 4.79 Å². The van der Waals surface area contributed by atoms with Crippen LogP contribution in [0.2, 0.25) is 0 Å². The molecule has 3 unspecified atom stereocenters. The average molecular weight is 274 g/mol. The Hall–Kier alpha value is -1.39. The molecule has 4 heteroatoms. The Kier molecular flexibility index (Phi) is 4.03. The number of hydrogen-bond donors (Lipinski definition) is 2. The van der Waals surface area contributed by atoms with Crippen molar-refractivity contribution in [3.8, 4) is 0 Å². The smallest absolute Gasteiger partial charge is 0.225 e. The minimum Gasteiger partial charge on any atom is -0.393 e. The van der Waals surface area contributed by atoms with Crippen molar-refractivity contribution in [1.82, 2.24) is 4.90 Å². The van der Waals surface area contributed by atoms with Crippen LogP contribution in [-0.4, -0.2) is 41.7 Å². The van der Waals surface area contributed by atoms with E-state index >= 15 is 0 Å². The van der Waals surface area contributed by atoms with Gasteiger partial charge in [0.15, 0.2) is 0 Å². The van der Waals surface area contributed by atoms with Gasteiger partial charge in [-0.1, -0.05) is 18.2 Å². The Morgan fingerprint density at radius 1 is 1.25 bits per heavy atom. The fourth-order valence-electron chi connectivity index (χ4n) is 3.52. The number of amides is 1. The van der Waals surface area contributed by atoms with E-state index in [2.05, 4.69) is 10.2 Å². The summed E-state index contributed by atoms with van der Waals surface area (Å²) in [4.78, 5) is 14.2. The number of aliphatic hydroxyl groups is 1. The summed E-state index contributed by atoms with van der Waals surface area (Å²) in [5, 5.41) is 12.8. The zero-order chi connectivity index (χ0) is 13.9. The van der Waals surface area contributed by atoms with Crippen LogP contribution in [0.5, 0.6) is 0 Å². The van der Waals surface area contributed by atoms with E-state index in [1.54, 1.807) is 0 Å². The number of benzene rings is 1. The van der Waals surface area contributed by atoms with Gasteiger partial charge in [-0.3, -0.25) is 4.79 Å². The minimum absolute atomic E-state index is 0.0637. The molecule has 4 nitrogen and oxygen atoms in total. The van der Waals surface area contributed by atoms with Gasteiger partial charge in [-0.05, 0) is 30.9 Å². The van der Waals surface area contributed by atoms with Crippen molar-refractivity contribution in [2.75, 3.05) is 25.0 Å². The van der Waals surface area contributed by atoms with Crippen molar-refractivity contribution >= 4 is 11.6 Å². The number of carbonyl (C=O) groups is 1. The lowest BCUT2D eigenvalue weighted by atomic mass is 10.00. The van der Waals surface area contributed by atoms with E-state index in [1.165, 1.54) is 0 Å². The normalized spacial score (nSPS) is 29.4. The predicted molar refractivity (Wildman–Crippen MR) is 78.3 cm³/mol. The van der Waals surface area contributed by atoms with Crippen LogP contribution in [0.3, 0.4) is 0 Å². The Bertz CT molecular complexity index is 463. The maximum Gasteiger partial charge on any atom is 0.225 e. The average Bonchev–Trinajstić information content (AvgIpc) is 3.00. The van der Waals surface area contributed by atoms with Crippen molar-refractivity contribution in [1.29, 1.82) is 0 Å². The third-order valence-corrected chi connectivity index (χ3v) is 4.61. The molecule has 2 fully saturated rings. The molecule has 1 aromatic rings. The second-order valence-corrected chi connectivity index (χ2v) is 5.99. The van der Waals surface area contributed by atoms with Gasteiger partial charge in [-0.15, -0.1) is 0 Å². The second-order valence-electron chi connectivity index (χ2n) is 5.99. The fourth-order valence-corrected chi connectivity index (χ4v) is 3.52. The van der Waals surface area contributed by atoms with Gasteiger partial charge in [0.1, 0.15) is 0 Å². The van der Waals surface area contributed by atoms with Crippen LogP contribution in [0.4, 0.5) is 5.69 Å². The van der Waals surface area contributed by atoms with E-state index in [0.29, 0.717) is 18.3 Å². The summed E-state index contributed by atoms with van der Waals surface area (Å²) >= 11 is 0. The first kappa shape index (κ1) is 13.6. The van der Waals surface area contributed by atoms with Gasteiger partial charge >= 0.3 is 0 Å². The molecule has 3 rings (SSSR count). The van der Waals surface area contributed by atoms with Crippen molar-refractivity contribution in [2.45, 2.75) is 25.4 Å². The molecule has 20 heavy (non-hydrogen) atoms. The lowest BCUT2D eigenvalue weighted by Gasteiger charge is -2.17. The number of nitrogens with one attached hydrogen (secondary N) is 1. The van der Waals surface area contributed by atoms with E-state index in [4.69, 9.17) is 0 Å². The highest BCUT2D eigenvalue weighted by Crippen LogP contribution is 2.37. The molecule has 1 saturated heterocycles. The van der Waals surface area contributed by atoms with Crippen LogP contribution in [0, 0.1) is 11.8 Å². The zero-order valence-corrected chi connectivity index (χ0v) is 11.7. The molecule has 2 aliphatic rings. The molecule has 1 aromatic carbocycles. The van der Waals surface area contributed by atoms with Crippen LogP contribution in [0.1, 0.15) is 19.3 Å². The summed E-state index contributed by atoms with van der Waals surface area (Å²) in [6.07, 6.45) is 2.49. The van der Waals surface area contributed by atoms with Crippen LogP contribution >= 0.6 is 0 Å². The van der Waals surface area contributed by atoms with Crippen LogP contribution < -0.4 is 5.32 Å². The zero-order valence-electron chi connectivity index (χ0n) is 11.7. The maximum absolute atomic E-state index is 11.9. The number of aliphatic hydroxyl groups excluding tert-OH is 1. The van der Waals surface area contributed by atoms with Gasteiger partial charge < -0.3 is 15.3 Å². The summed E-state index contributed by atoms with van der Waals surface area (Å²) in [6, 6.07) is 9.56. The monoisotopic (exact) mass is 274 g/mol. The molecule has 1 saturated carbocycles. The molecule has 0 bridgehead atoms. The Balaban J connectivity index is 1.43. The number of nitrogens with zero attached hydrogens (tertiary/aromatic N) is 1. The largest absolute Gasteiger partial charge is 0.393 e. The van der Waals surface area contributed by atoms with Crippen molar-refractivity contribution in [3.05, 3.63) is 30.3 Å². The summed E-state index contributed by atoms with van der Waals surface area (Å²) < 4.78 is 0. The van der Waals surface area contributed by atoms with Crippen molar-refractivity contribution < 1.29 is 9.90 Å². The molecular weight excluding hydrogens is 252 g/mol. The third kappa shape index (κ3) is 3.02. The lowest BCUT2D eigenvalue weighted by molar-refractivity contribution is -0.116. The van der Waals surface area contributed by atoms with E-state index in [-0.39, 0.29) is 12.0 Å². The Morgan fingerprint density at radius 3 is 2.80 bits per heavy atom. The highest BCUT2D eigenvalue weighted by atomic mass is 16.3. The molecule has 0 aromatic heterocycles. The molecule has 2 N–H and O–H groups in total. The molecule has 108 valence electrons. The molecule has 1 aliphatic heterocycles. The molecule has 3 atom stereocenters. The van der Waals surface area contributed by atoms with Crippen LogP contribution in [0.15, 0.2) is 30.3 Å². The van der Waals surface area contributed by atoms with Crippen molar-refractivity contribution in [2.24, 2.45) is 11.8 Å². The highest BCUT2D eigenvalue weighted by molar-refractivity contribution is 5.90. The number of carbonyl (C=O) groups excluding carboxylic acids is 1. The number of anilines is 1. The van der Waals surface area contributed by atoms with E-state index in [0.717, 1.165) is 38.2 Å². The van der Waals surface area contributed by atoms with Gasteiger partial charge in [0.05, 0.1) is 6.10 Å². The number of rotatable bonds is 4. The predicted octanol–water partition coefficient (Wildman–Crippen LogP) is 1.72. The SMILES string of the molecule is O=C(CCN1CC2CCC(O)C2C1)Nc1ccccc1. The van der Waals surface area contributed by atoms with Crippen LogP contribution in [0.25, 0.3) is 0 Å². The lowest BCUT2D eigenvalue weighted by Crippen LogP contribution is -2.28. The minimum atomic E-state index is -0.122. The fraction of sp³-hybridized carbons (Fsp3) is 0.562. The molecule has 1 amide bonds. The Morgan fingerprint density at radius 2 is 2.05 bits per heavy atom. The highest BCUT2D eigenvalue weighted by Gasteiger charge is 2.41. The van der Waals surface area contributed by atoms with E-state index in [9.17, 15) is 9.90 Å². The van der Waals surface area contributed by atoms with Gasteiger partial charge in [0.2, 0.25) is 5.91 Å². The molecule has 1 aliphatic carbocycles.